The largest absolute Gasteiger partial charge is 0.466 e. The van der Waals surface area contributed by atoms with Crippen molar-refractivity contribution in [1.29, 1.82) is 0 Å². The van der Waals surface area contributed by atoms with Crippen molar-refractivity contribution < 1.29 is 18.7 Å². The van der Waals surface area contributed by atoms with Crippen LogP contribution >= 0.6 is 0 Å². The second kappa shape index (κ2) is 6.94. The maximum atomic E-state index is 13.0. The first-order valence-electron chi connectivity index (χ1n) is 6.03. The molecule has 1 rings (SSSR count). The number of esters is 1. The predicted molar refractivity (Wildman–Crippen MR) is 68.7 cm³/mol. The Morgan fingerprint density at radius 1 is 1.44 bits per heavy atom. The molecule has 0 aliphatic heterocycles. The average Bonchev–Trinajstić information content (AvgIpc) is 2.35. The van der Waals surface area contributed by atoms with Crippen molar-refractivity contribution in [2.45, 2.75) is 26.0 Å². The van der Waals surface area contributed by atoms with E-state index in [1.807, 2.05) is 6.82 Å². The van der Waals surface area contributed by atoms with Crippen molar-refractivity contribution in [3.05, 3.63) is 35.6 Å². The molecule has 0 amide bonds. The van der Waals surface area contributed by atoms with Gasteiger partial charge in [0.25, 0.3) is 0 Å². The summed E-state index contributed by atoms with van der Waals surface area (Å²) in [7, 11) is 0.522. The van der Waals surface area contributed by atoms with E-state index < -0.39 is 17.6 Å². The van der Waals surface area contributed by atoms with Crippen LogP contribution in [0.5, 0.6) is 0 Å². The van der Waals surface area contributed by atoms with Gasteiger partial charge in [0.1, 0.15) is 13.1 Å². The molecule has 96 valence electrons. The van der Waals surface area contributed by atoms with E-state index in [2.05, 4.69) is 0 Å². The van der Waals surface area contributed by atoms with Crippen molar-refractivity contribution in [3.63, 3.8) is 0 Å². The van der Waals surface area contributed by atoms with Crippen LogP contribution in [0.2, 0.25) is 12.6 Å². The van der Waals surface area contributed by atoms with E-state index in [4.69, 9.17) is 4.74 Å². The zero-order valence-electron chi connectivity index (χ0n) is 10.6. The first-order chi connectivity index (χ1) is 8.58. The summed E-state index contributed by atoms with van der Waals surface area (Å²) in [6.07, 6.45) is 0.0414. The summed E-state index contributed by atoms with van der Waals surface area (Å²) in [5, 5.41) is 0. The third-order valence-electron chi connectivity index (χ3n) is 2.69. The Kier molecular flexibility index (Phi) is 5.56. The highest BCUT2D eigenvalue weighted by Crippen LogP contribution is 2.18. The van der Waals surface area contributed by atoms with Gasteiger partial charge in [0.05, 0.1) is 6.61 Å². The number of ether oxygens (including phenoxy) is 1. The minimum Gasteiger partial charge on any atom is -0.466 e. The molecule has 1 aromatic rings. The number of ketones is 1. The zero-order valence-corrected chi connectivity index (χ0v) is 10.6. The third kappa shape index (κ3) is 3.98. The minimum absolute atomic E-state index is 0.0414. The lowest BCUT2D eigenvalue weighted by molar-refractivity contribution is -0.143. The van der Waals surface area contributed by atoms with Gasteiger partial charge in [-0.05, 0) is 19.1 Å². The van der Waals surface area contributed by atoms with Crippen LogP contribution in [0, 0.1) is 5.82 Å². The number of hydrogen-bond donors (Lipinski definition) is 0. The van der Waals surface area contributed by atoms with Crippen LogP contribution in [0.3, 0.4) is 0 Å². The topological polar surface area (TPSA) is 43.4 Å². The number of hydrogen-bond acceptors (Lipinski definition) is 3. The molecule has 0 N–H and O–H groups in total. The van der Waals surface area contributed by atoms with Gasteiger partial charge in [0, 0.05) is 17.8 Å². The van der Waals surface area contributed by atoms with Gasteiger partial charge in [-0.1, -0.05) is 19.0 Å². The van der Waals surface area contributed by atoms with Crippen LogP contribution in [0.4, 0.5) is 4.39 Å². The van der Waals surface area contributed by atoms with Crippen molar-refractivity contribution in [3.8, 4) is 0 Å². The highest BCUT2D eigenvalue weighted by Gasteiger charge is 2.22. The maximum Gasteiger partial charge on any atom is 0.305 e. The van der Waals surface area contributed by atoms with Crippen LogP contribution in [0.1, 0.15) is 23.7 Å². The van der Waals surface area contributed by atoms with Crippen molar-refractivity contribution >= 4 is 19.0 Å². The summed E-state index contributed by atoms with van der Waals surface area (Å²) in [5.74, 6) is -1.52. The lowest BCUT2D eigenvalue weighted by Gasteiger charge is -2.12. The van der Waals surface area contributed by atoms with Crippen LogP contribution in [-0.4, -0.2) is 25.6 Å². The molecule has 1 aromatic carbocycles. The van der Waals surface area contributed by atoms with Crippen LogP contribution in [0.25, 0.3) is 0 Å². The monoisotopic (exact) mass is 250 g/mol. The Balaban J connectivity index is 2.76. The smallest absolute Gasteiger partial charge is 0.305 e. The van der Waals surface area contributed by atoms with Crippen molar-refractivity contribution in [1.82, 2.24) is 0 Å². The van der Waals surface area contributed by atoms with E-state index >= 15 is 0 Å². The summed E-state index contributed by atoms with van der Waals surface area (Å²) < 4.78 is 17.9. The van der Waals surface area contributed by atoms with Gasteiger partial charge in [-0.3, -0.25) is 9.59 Å². The molecule has 18 heavy (non-hydrogen) atoms. The molecule has 0 heterocycles. The zero-order chi connectivity index (χ0) is 13.5. The van der Waals surface area contributed by atoms with Crippen LogP contribution in [-0.2, 0) is 9.53 Å². The molecular weight excluding hydrogens is 234 g/mol. The molecule has 3 nitrogen and oxygen atoms in total. The van der Waals surface area contributed by atoms with Crippen molar-refractivity contribution in [2.75, 3.05) is 6.61 Å². The standard InChI is InChI=1S/C13H16BFO3/c1-3-18-12(16)8-11(14-2)13(17)9-5-4-6-10(15)7-9/h4-7,11,14H,3,8H2,1-2H3. The molecule has 1 unspecified atom stereocenters. The number of Topliss-reactive ketones (excluding diaryl/α,β-unsaturated/α-hetero) is 1. The first-order valence-corrected chi connectivity index (χ1v) is 6.03. The molecule has 0 saturated heterocycles. The molecule has 0 aromatic heterocycles. The summed E-state index contributed by atoms with van der Waals surface area (Å²) in [6, 6.07) is 5.51. The summed E-state index contributed by atoms with van der Waals surface area (Å²) in [5.41, 5.74) is 0.297. The Labute approximate surface area is 107 Å². The van der Waals surface area contributed by atoms with Gasteiger partial charge in [-0.15, -0.1) is 0 Å². The lowest BCUT2D eigenvalue weighted by Crippen LogP contribution is -2.19. The molecule has 0 spiro atoms. The predicted octanol–water partition coefficient (Wildman–Crippen LogP) is 2.23. The summed E-state index contributed by atoms with van der Waals surface area (Å²) in [6.45, 7) is 3.83. The van der Waals surface area contributed by atoms with Gasteiger partial charge in [0.2, 0.25) is 0 Å². The molecule has 0 fully saturated rings. The van der Waals surface area contributed by atoms with E-state index in [0.29, 0.717) is 19.4 Å². The Morgan fingerprint density at radius 2 is 2.17 bits per heavy atom. The molecule has 0 bridgehead atoms. The fourth-order valence-corrected chi connectivity index (χ4v) is 1.72. The molecule has 0 saturated carbocycles. The van der Waals surface area contributed by atoms with Crippen LogP contribution < -0.4 is 0 Å². The van der Waals surface area contributed by atoms with E-state index in [1.54, 1.807) is 13.0 Å². The quantitative estimate of drug-likeness (QED) is 0.441. The summed E-state index contributed by atoms with van der Waals surface area (Å²) in [4.78, 5) is 23.5. The minimum atomic E-state index is -0.453. The van der Waals surface area contributed by atoms with E-state index in [0.717, 1.165) is 0 Å². The van der Waals surface area contributed by atoms with E-state index in [1.165, 1.54) is 18.2 Å². The van der Waals surface area contributed by atoms with Crippen molar-refractivity contribution in [2.24, 2.45) is 0 Å². The Bertz CT molecular complexity index is 434. The normalized spacial score (nSPS) is 11.7. The second-order valence-electron chi connectivity index (χ2n) is 3.99. The third-order valence-corrected chi connectivity index (χ3v) is 2.69. The number of halogens is 1. The molecule has 0 aliphatic rings. The summed E-state index contributed by atoms with van der Waals surface area (Å²) >= 11 is 0. The fraction of sp³-hybridized carbons (Fsp3) is 0.385. The highest BCUT2D eigenvalue weighted by molar-refractivity contribution is 6.45. The van der Waals surface area contributed by atoms with Gasteiger partial charge >= 0.3 is 5.97 Å². The van der Waals surface area contributed by atoms with Gasteiger partial charge < -0.3 is 4.74 Å². The van der Waals surface area contributed by atoms with Gasteiger partial charge in [-0.2, -0.15) is 0 Å². The highest BCUT2D eigenvalue weighted by atomic mass is 19.1. The molecule has 5 heteroatoms. The second-order valence-corrected chi connectivity index (χ2v) is 3.99. The maximum absolute atomic E-state index is 13.0. The number of benzene rings is 1. The Morgan fingerprint density at radius 3 is 2.72 bits per heavy atom. The van der Waals surface area contributed by atoms with Crippen LogP contribution in [0.15, 0.2) is 24.3 Å². The average molecular weight is 250 g/mol. The number of carbonyl (C=O) groups excluding carboxylic acids is 2. The SMILES string of the molecule is CBC(CC(=O)OCC)C(=O)c1cccc(F)c1. The molecule has 1 atom stereocenters. The number of carbonyl (C=O) groups is 2. The molecule has 0 radical (unpaired) electrons. The molecule has 0 aliphatic carbocycles. The molecular formula is C13H16BFO3. The van der Waals surface area contributed by atoms with Gasteiger partial charge in [-0.25, -0.2) is 4.39 Å². The van der Waals surface area contributed by atoms with E-state index in [9.17, 15) is 14.0 Å². The number of rotatable bonds is 6. The van der Waals surface area contributed by atoms with E-state index in [-0.39, 0.29) is 12.2 Å². The lowest BCUT2D eigenvalue weighted by atomic mass is 9.62. The first kappa shape index (κ1) is 14.4. The Hall–Kier alpha value is -1.65. The fourth-order valence-electron chi connectivity index (χ4n) is 1.72. The van der Waals surface area contributed by atoms with Gasteiger partial charge in [0.15, 0.2) is 5.78 Å².